The molecule has 0 bridgehead atoms. The van der Waals surface area contributed by atoms with Crippen LogP contribution in [0.5, 0.6) is 11.5 Å². The van der Waals surface area contributed by atoms with Crippen molar-refractivity contribution in [1.29, 1.82) is 0 Å². The number of carbonyl (C=O) groups is 1. The molecule has 5 nitrogen and oxygen atoms in total. The van der Waals surface area contributed by atoms with Crippen molar-refractivity contribution in [2.75, 3.05) is 26.3 Å². The van der Waals surface area contributed by atoms with Gasteiger partial charge in [-0.15, -0.1) is 0 Å². The lowest BCUT2D eigenvalue weighted by Crippen LogP contribution is -2.41. The average Bonchev–Trinajstić information content (AvgIpc) is 2.81. The van der Waals surface area contributed by atoms with Gasteiger partial charge in [-0.2, -0.15) is 0 Å². The Morgan fingerprint density at radius 3 is 2.41 bits per heavy atom. The largest absolute Gasteiger partial charge is 0.490 e. The van der Waals surface area contributed by atoms with Gasteiger partial charge >= 0.3 is 5.97 Å². The fourth-order valence-corrected chi connectivity index (χ4v) is 4.67. The van der Waals surface area contributed by atoms with E-state index >= 15 is 0 Å². The SMILES string of the molecule is CCOc1ccc(C(c2ccc3ccccc3c2)N2CCCC(C(=O)O)C2)cc1OCC. The summed E-state index contributed by atoms with van der Waals surface area (Å²) >= 11 is 0. The van der Waals surface area contributed by atoms with Gasteiger partial charge in [0.15, 0.2) is 11.5 Å². The normalized spacial score (nSPS) is 17.8. The Bertz CT molecular complexity index is 1080. The molecule has 1 fully saturated rings. The minimum absolute atomic E-state index is 0.0587. The first kappa shape index (κ1) is 22.2. The minimum Gasteiger partial charge on any atom is -0.490 e. The van der Waals surface area contributed by atoms with Crippen LogP contribution in [0.15, 0.2) is 60.7 Å². The lowest BCUT2D eigenvalue weighted by Gasteiger charge is -2.38. The second-order valence-corrected chi connectivity index (χ2v) is 8.25. The maximum Gasteiger partial charge on any atom is 0.307 e. The number of hydrogen-bond acceptors (Lipinski definition) is 4. The van der Waals surface area contributed by atoms with Crippen LogP contribution >= 0.6 is 0 Å². The summed E-state index contributed by atoms with van der Waals surface area (Å²) in [5.74, 6) is 0.399. The van der Waals surface area contributed by atoms with Gasteiger partial charge in [0.25, 0.3) is 0 Å². The molecule has 0 spiro atoms. The van der Waals surface area contributed by atoms with Gasteiger partial charge in [-0.1, -0.05) is 42.5 Å². The van der Waals surface area contributed by atoms with E-state index in [1.807, 2.05) is 32.0 Å². The molecule has 4 rings (SSSR count). The van der Waals surface area contributed by atoms with Crippen LogP contribution in [0.4, 0.5) is 0 Å². The van der Waals surface area contributed by atoms with Gasteiger partial charge in [0, 0.05) is 6.54 Å². The highest BCUT2D eigenvalue weighted by molar-refractivity contribution is 5.83. The van der Waals surface area contributed by atoms with Crippen LogP contribution < -0.4 is 9.47 Å². The molecule has 2 unspecified atom stereocenters. The summed E-state index contributed by atoms with van der Waals surface area (Å²) in [5.41, 5.74) is 2.24. The summed E-state index contributed by atoms with van der Waals surface area (Å²) in [5, 5.41) is 12.0. The summed E-state index contributed by atoms with van der Waals surface area (Å²) in [6.07, 6.45) is 1.60. The van der Waals surface area contributed by atoms with E-state index in [-0.39, 0.29) is 12.0 Å². The highest BCUT2D eigenvalue weighted by Gasteiger charge is 2.32. The van der Waals surface area contributed by atoms with E-state index < -0.39 is 5.97 Å². The Morgan fingerprint density at radius 2 is 1.66 bits per heavy atom. The zero-order valence-electron chi connectivity index (χ0n) is 18.8. The number of fused-ring (bicyclic) bond motifs is 1. The van der Waals surface area contributed by atoms with Gasteiger partial charge in [-0.05, 0) is 73.3 Å². The van der Waals surface area contributed by atoms with E-state index in [0.717, 1.165) is 42.0 Å². The molecular formula is C27H31NO4. The molecule has 5 heteroatoms. The van der Waals surface area contributed by atoms with Crippen molar-refractivity contribution < 1.29 is 19.4 Å². The molecule has 3 aromatic carbocycles. The van der Waals surface area contributed by atoms with E-state index in [0.29, 0.717) is 19.8 Å². The van der Waals surface area contributed by atoms with Crippen LogP contribution in [0.1, 0.15) is 43.9 Å². The maximum absolute atomic E-state index is 11.8. The molecule has 32 heavy (non-hydrogen) atoms. The van der Waals surface area contributed by atoms with E-state index in [1.165, 1.54) is 10.8 Å². The number of carboxylic acid groups (broad SMARTS) is 1. The first-order valence-corrected chi connectivity index (χ1v) is 11.5. The van der Waals surface area contributed by atoms with Gasteiger partial charge in [0.1, 0.15) is 0 Å². The molecule has 0 amide bonds. The van der Waals surface area contributed by atoms with Crippen LogP contribution in [0.3, 0.4) is 0 Å². The summed E-state index contributed by atoms with van der Waals surface area (Å²) in [6.45, 7) is 6.43. The summed E-state index contributed by atoms with van der Waals surface area (Å²) in [6, 6.07) is 20.9. The van der Waals surface area contributed by atoms with E-state index in [2.05, 4.69) is 47.4 Å². The molecule has 1 N–H and O–H groups in total. The number of aliphatic carboxylic acids is 1. The summed E-state index contributed by atoms with van der Waals surface area (Å²) in [4.78, 5) is 14.1. The average molecular weight is 434 g/mol. The van der Waals surface area contributed by atoms with Crippen LogP contribution in [-0.4, -0.2) is 42.3 Å². The number of nitrogens with zero attached hydrogens (tertiary/aromatic N) is 1. The number of likely N-dealkylation sites (tertiary alicyclic amines) is 1. The smallest absolute Gasteiger partial charge is 0.307 e. The molecule has 0 aromatic heterocycles. The van der Waals surface area contributed by atoms with Gasteiger partial charge in [0.2, 0.25) is 0 Å². The molecule has 0 saturated carbocycles. The van der Waals surface area contributed by atoms with Crippen LogP contribution in [-0.2, 0) is 4.79 Å². The van der Waals surface area contributed by atoms with Crippen molar-refractivity contribution in [3.63, 3.8) is 0 Å². The quantitative estimate of drug-likeness (QED) is 0.507. The Balaban J connectivity index is 1.79. The fourth-order valence-electron chi connectivity index (χ4n) is 4.67. The number of carboxylic acids is 1. The third-order valence-electron chi connectivity index (χ3n) is 6.14. The Labute approximate surface area is 189 Å². The van der Waals surface area contributed by atoms with Crippen LogP contribution in [0.25, 0.3) is 10.8 Å². The molecular weight excluding hydrogens is 402 g/mol. The van der Waals surface area contributed by atoms with Crippen molar-refractivity contribution in [3.05, 3.63) is 71.8 Å². The monoisotopic (exact) mass is 433 g/mol. The van der Waals surface area contributed by atoms with Gasteiger partial charge in [-0.3, -0.25) is 9.69 Å². The molecule has 1 aliphatic heterocycles. The maximum atomic E-state index is 11.8. The van der Waals surface area contributed by atoms with E-state index in [1.54, 1.807) is 0 Å². The second kappa shape index (κ2) is 10.0. The van der Waals surface area contributed by atoms with Gasteiger partial charge < -0.3 is 14.6 Å². The molecule has 1 heterocycles. The predicted octanol–water partition coefficient (Wildman–Crippen LogP) is 5.52. The minimum atomic E-state index is -0.714. The first-order chi connectivity index (χ1) is 15.6. The lowest BCUT2D eigenvalue weighted by atomic mass is 9.90. The first-order valence-electron chi connectivity index (χ1n) is 11.5. The summed E-state index contributed by atoms with van der Waals surface area (Å²) < 4.78 is 11.7. The van der Waals surface area contributed by atoms with E-state index in [4.69, 9.17) is 9.47 Å². The number of rotatable bonds is 8. The molecule has 3 aromatic rings. The highest BCUT2D eigenvalue weighted by Crippen LogP contribution is 2.38. The van der Waals surface area contributed by atoms with Crippen molar-refractivity contribution >= 4 is 16.7 Å². The van der Waals surface area contributed by atoms with Gasteiger partial charge in [0.05, 0.1) is 25.2 Å². The van der Waals surface area contributed by atoms with Crippen molar-refractivity contribution in [2.24, 2.45) is 5.92 Å². The standard InChI is InChI=1S/C27H31NO4/c1-3-31-24-14-13-22(17-25(24)32-4-2)26(28-15-7-10-23(18-28)27(29)30)21-12-11-19-8-5-6-9-20(19)16-21/h5-6,8-9,11-14,16-17,23,26H,3-4,7,10,15,18H2,1-2H3,(H,29,30). The number of hydrogen-bond donors (Lipinski definition) is 1. The molecule has 2 atom stereocenters. The molecule has 1 saturated heterocycles. The molecule has 0 radical (unpaired) electrons. The molecule has 0 aliphatic carbocycles. The number of ether oxygens (including phenoxy) is 2. The topological polar surface area (TPSA) is 59.0 Å². The lowest BCUT2D eigenvalue weighted by molar-refractivity contribution is -0.143. The third kappa shape index (κ3) is 4.73. The van der Waals surface area contributed by atoms with Crippen molar-refractivity contribution in [1.82, 2.24) is 4.90 Å². The van der Waals surface area contributed by atoms with Crippen LogP contribution in [0, 0.1) is 5.92 Å². The van der Waals surface area contributed by atoms with E-state index in [9.17, 15) is 9.90 Å². The second-order valence-electron chi connectivity index (χ2n) is 8.25. The zero-order valence-corrected chi connectivity index (χ0v) is 18.8. The third-order valence-corrected chi connectivity index (χ3v) is 6.14. The Kier molecular flexibility index (Phi) is 6.96. The highest BCUT2D eigenvalue weighted by atomic mass is 16.5. The number of benzene rings is 3. The van der Waals surface area contributed by atoms with Crippen molar-refractivity contribution in [2.45, 2.75) is 32.7 Å². The Morgan fingerprint density at radius 1 is 0.969 bits per heavy atom. The molecule has 1 aliphatic rings. The summed E-state index contributed by atoms with van der Waals surface area (Å²) in [7, 11) is 0. The van der Waals surface area contributed by atoms with Crippen molar-refractivity contribution in [3.8, 4) is 11.5 Å². The number of piperidine rings is 1. The van der Waals surface area contributed by atoms with Crippen LogP contribution in [0.2, 0.25) is 0 Å². The molecule has 168 valence electrons. The van der Waals surface area contributed by atoms with Gasteiger partial charge in [-0.25, -0.2) is 0 Å². The Hall–Kier alpha value is -3.05. The predicted molar refractivity (Wildman–Crippen MR) is 127 cm³/mol. The zero-order chi connectivity index (χ0) is 22.5. The fraction of sp³-hybridized carbons (Fsp3) is 0.370.